The average molecular weight is 402 g/mol. The minimum Gasteiger partial charge on any atom is -0.479 e. The van der Waals surface area contributed by atoms with Crippen molar-refractivity contribution in [2.45, 2.75) is 19.2 Å². The number of amides is 1. The molecule has 1 amide bonds. The molecule has 2 aromatic rings. The second-order valence-electron chi connectivity index (χ2n) is 5.41. The van der Waals surface area contributed by atoms with Gasteiger partial charge in [-0.1, -0.05) is 23.7 Å². The van der Waals surface area contributed by atoms with Crippen LogP contribution in [0, 0.1) is 0 Å². The topological polar surface area (TPSA) is 64.6 Å². The molecule has 1 atom stereocenters. The largest absolute Gasteiger partial charge is 0.479 e. The molecule has 2 aromatic carbocycles. The molecule has 0 unspecified atom stereocenters. The van der Waals surface area contributed by atoms with Crippen LogP contribution in [0.3, 0.4) is 0 Å². The van der Waals surface area contributed by atoms with E-state index in [4.69, 9.17) is 21.1 Å². The van der Waals surface area contributed by atoms with Crippen molar-refractivity contribution in [2.75, 3.05) is 11.9 Å². The summed E-state index contributed by atoms with van der Waals surface area (Å²) >= 11 is 5.74. The predicted octanol–water partition coefficient (Wildman–Crippen LogP) is 4.31. The maximum Gasteiger partial charge on any atom is 0.418 e. The lowest BCUT2D eigenvalue weighted by atomic mass is 10.1. The third kappa shape index (κ3) is 6.18. The Morgan fingerprint density at radius 1 is 1.11 bits per heavy atom. The quantitative estimate of drug-likeness (QED) is 0.733. The van der Waals surface area contributed by atoms with Crippen molar-refractivity contribution in [3.63, 3.8) is 0 Å². The number of anilines is 1. The summed E-state index contributed by atoms with van der Waals surface area (Å²) in [5, 5.41) is 2.57. The maximum absolute atomic E-state index is 12.9. The molecule has 27 heavy (non-hydrogen) atoms. The zero-order chi connectivity index (χ0) is 20.0. The third-order valence-electron chi connectivity index (χ3n) is 3.31. The summed E-state index contributed by atoms with van der Waals surface area (Å²) in [5.74, 6) is -1.38. The molecule has 144 valence electrons. The number of carbonyl (C=O) groups excluding carboxylic acids is 2. The van der Waals surface area contributed by atoms with Gasteiger partial charge in [0.2, 0.25) is 0 Å². The summed E-state index contributed by atoms with van der Waals surface area (Å²) in [6, 6.07) is 10.7. The van der Waals surface area contributed by atoms with Crippen LogP contribution in [-0.2, 0) is 20.5 Å². The standard InChI is InChI=1S/C18H15ClF3NO4/c1-11(27-13-8-6-12(19)7-9-13)17(25)26-10-16(24)23-15-5-3-2-4-14(15)18(20,21)22/h2-9,11H,10H2,1H3,(H,23,24)/t11-/m0/s1. The Hall–Kier alpha value is -2.74. The van der Waals surface area contributed by atoms with Crippen LogP contribution in [-0.4, -0.2) is 24.6 Å². The molecule has 0 saturated carbocycles. The number of hydrogen-bond acceptors (Lipinski definition) is 4. The van der Waals surface area contributed by atoms with Gasteiger partial charge in [0.15, 0.2) is 12.7 Å². The number of esters is 1. The van der Waals surface area contributed by atoms with Gasteiger partial charge in [0.05, 0.1) is 11.3 Å². The Balaban J connectivity index is 1.88. The smallest absolute Gasteiger partial charge is 0.418 e. The summed E-state index contributed by atoms with van der Waals surface area (Å²) in [6.45, 7) is 0.660. The van der Waals surface area contributed by atoms with Crippen molar-refractivity contribution in [1.29, 1.82) is 0 Å². The van der Waals surface area contributed by atoms with Gasteiger partial charge in [-0.25, -0.2) is 4.79 Å². The van der Waals surface area contributed by atoms with E-state index in [1.807, 2.05) is 0 Å². The van der Waals surface area contributed by atoms with Gasteiger partial charge in [0.25, 0.3) is 5.91 Å². The molecule has 9 heteroatoms. The lowest BCUT2D eigenvalue weighted by Crippen LogP contribution is -2.30. The number of hydrogen-bond donors (Lipinski definition) is 1. The molecule has 0 radical (unpaired) electrons. The van der Waals surface area contributed by atoms with E-state index in [1.165, 1.54) is 19.1 Å². The monoisotopic (exact) mass is 401 g/mol. The highest BCUT2D eigenvalue weighted by Crippen LogP contribution is 2.34. The molecule has 0 aliphatic carbocycles. The lowest BCUT2D eigenvalue weighted by Gasteiger charge is -2.15. The van der Waals surface area contributed by atoms with E-state index in [-0.39, 0.29) is 0 Å². The van der Waals surface area contributed by atoms with E-state index in [0.717, 1.165) is 12.1 Å². The van der Waals surface area contributed by atoms with E-state index < -0.39 is 42.0 Å². The fourth-order valence-electron chi connectivity index (χ4n) is 2.05. The summed E-state index contributed by atoms with van der Waals surface area (Å²) in [5.41, 5.74) is -1.42. The van der Waals surface area contributed by atoms with Gasteiger partial charge in [-0.05, 0) is 43.3 Å². The van der Waals surface area contributed by atoms with Crippen LogP contribution in [0.1, 0.15) is 12.5 Å². The van der Waals surface area contributed by atoms with Crippen molar-refractivity contribution in [3.8, 4) is 5.75 Å². The fraction of sp³-hybridized carbons (Fsp3) is 0.222. The summed E-state index contributed by atoms with van der Waals surface area (Å²) in [4.78, 5) is 23.7. The van der Waals surface area contributed by atoms with Gasteiger partial charge < -0.3 is 14.8 Å². The molecule has 0 heterocycles. The molecular weight excluding hydrogens is 387 g/mol. The van der Waals surface area contributed by atoms with Crippen LogP contribution in [0.15, 0.2) is 48.5 Å². The Morgan fingerprint density at radius 2 is 1.74 bits per heavy atom. The molecule has 0 aliphatic rings. The van der Waals surface area contributed by atoms with Crippen LogP contribution in [0.2, 0.25) is 5.02 Å². The number of alkyl halides is 3. The van der Waals surface area contributed by atoms with Gasteiger partial charge in [0, 0.05) is 5.02 Å². The zero-order valence-electron chi connectivity index (χ0n) is 14.0. The molecule has 0 bridgehead atoms. The number of benzene rings is 2. The number of carbonyl (C=O) groups is 2. The molecule has 0 aromatic heterocycles. The van der Waals surface area contributed by atoms with E-state index >= 15 is 0 Å². The van der Waals surface area contributed by atoms with Crippen LogP contribution >= 0.6 is 11.6 Å². The first-order valence-electron chi connectivity index (χ1n) is 7.72. The number of nitrogens with one attached hydrogen (secondary N) is 1. The maximum atomic E-state index is 12.9. The average Bonchev–Trinajstić information content (AvgIpc) is 2.61. The van der Waals surface area contributed by atoms with E-state index in [1.54, 1.807) is 24.3 Å². The molecule has 0 spiro atoms. The summed E-state index contributed by atoms with van der Waals surface area (Å²) < 4.78 is 48.8. The van der Waals surface area contributed by atoms with Gasteiger partial charge in [-0.3, -0.25) is 4.79 Å². The van der Waals surface area contributed by atoms with Gasteiger partial charge in [0.1, 0.15) is 5.75 Å². The minimum absolute atomic E-state index is 0.368. The zero-order valence-corrected chi connectivity index (χ0v) is 14.8. The Kier molecular flexibility index (Phi) is 6.68. The summed E-state index contributed by atoms with van der Waals surface area (Å²) in [6.07, 6.45) is -5.65. The van der Waals surface area contributed by atoms with Crippen molar-refractivity contribution < 1.29 is 32.2 Å². The highest BCUT2D eigenvalue weighted by Gasteiger charge is 2.33. The Bertz CT molecular complexity index is 809. The number of para-hydroxylation sites is 1. The number of ether oxygens (including phenoxy) is 2. The molecule has 0 saturated heterocycles. The van der Waals surface area contributed by atoms with Crippen molar-refractivity contribution in [1.82, 2.24) is 0 Å². The van der Waals surface area contributed by atoms with Crippen molar-refractivity contribution >= 4 is 29.2 Å². The third-order valence-corrected chi connectivity index (χ3v) is 3.56. The highest BCUT2D eigenvalue weighted by molar-refractivity contribution is 6.30. The van der Waals surface area contributed by atoms with Crippen molar-refractivity contribution in [2.24, 2.45) is 0 Å². The lowest BCUT2D eigenvalue weighted by molar-refractivity contribution is -0.153. The predicted molar refractivity (Wildman–Crippen MR) is 92.6 cm³/mol. The first kappa shape index (κ1) is 20.6. The van der Waals surface area contributed by atoms with Crippen LogP contribution in [0.5, 0.6) is 5.75 Å². The summed E-state index contributed by atoms with van der Waals surface area (Å²) in [7, 11) is 0. The minimum atomic E-state index is -4.62. The van der Waals surface area contributed by atoms with Crippen LogP contribution < -0.4 is 10.1 Å². The molecule has 0 fully saturated rings. The molecule has 2 rings (SSSR count). The van der Waals surface area contributed by atoms with Crippen molar-refractivity contribution in [3.05, 3.63) is 59.1 Å². The SMILES string of the molecule is C[C@H](Oc1ccc(Cl)cc1)C(=O)OCC(=O)Nc1ccccc1C(F)(F)F. The number of halogens is 4. The molecule has 5 nitrogen and oxygen atoms in total. The first-order chi connectivity index (χ1) is 12.7. The van der Waals surface area contributed by atoms with E-state index in [2.05, 4.69) is 5.32 Å². The van der Waals surface area contributed by atoms with Crippen LogP contribution in [0.4, 0.5) is 18.9 Å². The molecule has 1 N–H and O–H groups in total. The Morgan fingerprint density at radius 3 is 2.37 bits per heavy atom. The van der Waals surface area contributed by atoms with Gasteiger partial charge in [-0.2, -0.15) is 13.2 Å². The first-order valence-corrected chi connectivity index (χ1v) is 8.09. The van der Waals surface area contributed by atoms with Gasteiger partial charge in [-0.15, -0.1) is 0 Å². The molecular formula is C18H15ClF3NO4. The Labute approximate surface area is 158 Å². The highest BCUT2D eigenvalue weighted by atomic mass is 35.5. The molecule has 0 aliphatic heterocycles. The van der Waals surface area contributed by atoms with Crippen LogP contribution in [0.25, 0.3) is 0 Å². The van der Waals surface area contributed by atoms with E-state index in [9.17, 15) is 22.8 Å². The number of rotatable bonds is 6. The van der Waals surface area contributed by atoms with Gasteiger partial charge >= 0.3 is 12.1 Å². The second-order valence-corrected chi connectivity index (χ2v) is 5.85. The van der Waals surface area contributed by atoms with E-state index in [0.29, 0.717) is 10.8 Å². The fourth-order valence-corrected chi connectivity index (χ4v) is 2.17. The second kappa shape index (κ2) is 8.77. The normalized spacial score (nSPS) is 12.2.